The van der Waals surface area contributed by atoms with Crippen molar-refractivity contribution < 1.29 is 14.4 Å². The van der Waals surface area contributed by atoms with Gasteiger partial charge < -0.3 is 10.2 Å². The molecule has 0 bridgehead atoms. The summed E-state index contributed by atoms with van der Waals surface area (Å²) in [6.07, 6.45) is 2.56. The highest BCUT2D eigenvalue weighted by Crippen LogP contribution is 2.40. The number of piperidine rings is 1. The zero-order valence-electron chi connectivity index (χ0n) is 24.0. The molecule has 0 aromatic heterocycles. The molecule has 4 rings (SSSR count). The van der Waals surface area contributed by atoms with Gasteiger partial charge in [0.2, 0.25) is 11.8 Å². The Morgan fingerprint density at radius 2 is 1.62 bits per heavy atom. The Balaban J connectivity index is 0.00000484. The molecule has 7 nitrogen and oxygen atoms in total. The molecule has 1 aliphatic heterocycles. The van der Waals surface area contributed by atoms with E-state index in [-0.39, 0.29) is 36.0 Å². The van der Waals surface area contributed by atoms with Crippen molar-refractivity contribution in [2.24, 2.45) is 0 Å². The first-order chi connectivity index (χ1) is 19.7. The number of carbonyl (C=O) groups is 3. The number of hydrogen-bond donors (Lipinski definition) is 3. The molecule has 3 aromatic rings. The Bertz CT molecular complexity index is 1410. The lowest BCUT2D eigenvalue weighted by Gasteiger charge is -2.42. The molecule has 0 radical (unpaired) electrons. The number of rotatable bonds is 8. The van der Waals surface area contributed by atoms with Crippen LogP contribution in [0, 0.1) is 0 Å². The number of hydrazine groups is 1. The van der Waals surface area contributed by atoms with Crippen LogP contribution in [0.4, 0.5) is 5.69 Å². The predicted octanol–water partition coefficient (Wildman–Crippen LogP) is 6.22. The van der Waals surface area contributed by atoms with Gasteiger partial charge in [-0.15, -0.1) is 12.4 Å². The summed E-state index contributed by atoms with van der Waals surface area (Å²) in [7, 11) is 1.64. The molecule has 0 spiro atoms. The minimum atomic E-state index is -0.801. The molecule has 1 unspecified atom stereocenters. The molecule has 0 aliphatic carbocycles. The van der Waals surface area contributed by atoms with E-state index in [9.17, 15) is 14.4 Å². The van der Waals surface area contributed by atoms with Crippen molar-refractivity contribution in [1.29, 1.82) is 0 Å². The molecule has 1 fully saturated rings. The molecule has 3 N–H and O–H groups in total. The van der Waals surface area contributed by atoms with Crippen LogP contribution >= 0.6 is 35.6 Å². The third-order valence-corrected chi connectivity index (χ3v) is 8.79. The Labute approximate surface area is 263 Å². The Morgan fingerprint density at radius 3 is 2.21 bits per heavy atom. The van der Waals surface area contributed by atoms with Gasteiger partial charge in [-0.25, -0.2) is 0 Å². The summed E-state index contributed by atoms with van der Waals surface area (Å²) in [6, 6.07) is 21.2. The molecule has 10 heteroatoms. The maximum atomic E-state index is 13.5. The molecule has 1 heterocycles. The van der Waals surface area contributed by atoms with Crippen LogP contribution in [-0.2, 0) is 21.4 Å². The quantitative estimate of drug-likeness (QED) is 0.258. The lowest BCUT2D eigenvalue weighted by Crippen LogP contribution is -2.55. The SMILES string of the molecule is CCC(Cc1c(C(=O)NC)cccc1N1CCC(C(=O)NNC(C)=O)(c2ccccc2)CC1)c1ccc(Cl)c(Cl)c1.Cl. The molecule has 1 aliphatic rings. The maximum Gasteiger partial charge on any atom is 0.251 e. The number of benzene rings is 3. The summed E-state index contributed by atoms with van der Waals surface area (Å²) in [5, 5.41) is 3.81. The summed E-state index contributed by atoms with van der Waals surface area (Å²) in [6.45, 7) is 4.67. The van der Waals surface area contributed by atoms with Crippen molar-refractivity contribution in [3.63, 3.8) is 0 Å². The normalized spacial score (nSPS) is 14.7. The van der Waals surface area contributed by atoms with Crippen LogP contribution in [0.2, 0.25) is 10.0 Å². The van der Waals surface area contributed by atoms with Crippen molar-refractivity contribution in [3.8, 4) is 0 Å². The molecule has 224 valence electrons. The summed E-state index contributed by atoms with van der Waals surface area (Å²) in [5.41, 5.74) is 8.82. The molecule has 1 atom stereocenters. The molecule has 3 amide bonds. The molecule has 3 aromatic carbocycles. The van der Waals surface area contributed by atoms with Crippen molar-refractivity contribution in [3.05, 3.63) is 99.0 Å². The van der Waals surface area contributed by atoms with Crippen LogP contribution in [-0.4, -0.2) is 37.9 Å². The van der Waals surface area contributed by atoms with E-state index in [1.807, 2.05) is 60.7 Å². The first-order valence-corrected chi connectivity index (χ1v) is 14.6. The van der Waals surface area contributed by atoms with Crippen molar-refractivity contribution in [2.75, 3.05) is 25.0 Å². The van der Waals surface area contributed by atoms with Crippen LogP contribution in [0.15, 0.2) is 66.7 Å². The third-order valence-electron chi connectivity index (χ3n) is 8.05. The van der Waals surface area contributed by atoms with E-state index >= 15 is 0 Å². The smallest absolute Gasteiger partial charge is 0.251 e. The predicted molar refractivity (Wildman–Crippen MR) is 172 cm³/mol. The molecule has 0 saturated carbocycles. The van der Waals surface area contributed by atoms with Gasteiger partial charge >= 0.3 is 0 Å². The van der Waals surface area contributed by atoms with Gasteiger partial charge in [0, 0.05) is 38.3 Å². The van der Waals surface area contributed by atoms with E-state index in [0.717, 1.165) is 28.8 Å². The standard InChI is InChI=1S/C32H36Cl2N4O3.ClH/c1-4-22(23-13-14-27(33)28(34)20-23)19-26-25(30(40)35-3)11-8-12-29(26)38-17-15-32(16-18-38,24-9-6-5-7-10-24)31(41)37-36-21(2)39;/h5-14,20,22H,4,15-19H2,1-3H3,(H,35,40)(H,36,39)(H,37,41);1H. The maximum absolute atomic E-state index is 13.5. The van der Waals surface area contributed by atoms with Gasteiger partial charge in [0.25, 0.3) is 5.91 Å². The van der Waals surface area contributed by atoms with Crippen LogP contribution in [0.1, 0.15) is 66.1 Å². The van der Waals surface area contributed by atoms with Crippen LogP contribution < -0.4 is 21.1 Å². The number of carbonyl (C=O) groups excluding carboxylic acids is 3. The monoisotopic (exact) mass is 630 g/mol. The van der Waals surface area contributed by atoms with Gasteiger partial charge in [-0.05, 0) is 72.6 Å². The van der Waals surface area contributed by atoms with E-state index in [2.05, 4.69) is 34.1 Å². The number of nitrogens with one attached hydrogen (secondary N) is 3. The Morgan fingerprint density at radius 1 is 0.929 bits per heavy atom. The lowest BCUT2D eigenvalue weighted by atomic mass is 9.72. The second-order valence-corrected chi connectivity index (χ2v) is 11.3. The number of anilines is 1. The second-order valence-electron chi connectivity index (χ2n) is 10.4. The number of halogens is 3. The minimum absolute atomic E-state index is 0. The highest BCUT2D eigenvalue weighted by atomic mass is 35.5. The summed E-state index contributed by atoms with van der Waals surface area (Å²) in [4.78, 5) is 40.3. The summed E-state index contributed by atoms with van der Waals surface area (Å²) in [5.74, 6) is -0.590. The van der Waals surface area contributed by atoms with Crippen molar-refractivity contribution in [2.45, 2.75) is 50.9 Å². The Kier molecular flexibility index (Phi) is 11.7. The molecular weight excluding hydrogens is 595 g/mol. The second kappa shape index (κ2) is 14.8. The topological polar surface area (TPSA) is 90.5 Å². The average molecular weight is 632 g/mol. The van der Waals surface area contributed by atoms with E-state index in [1.165, 1.54) is 6.92 Å². The third kappa shape index (κ3) is 7.20. The highest BCUT2D eigenvalue weighted by Gasteiger charge is 2.43. The zero-order valence-corrected chi connectivity index (χ0v) is 26.3. The van der Waals surface area contributed by atoms with Crippen molar-refractivity contribution >= 4 is 59.0 Å². The average Bonchev–Trinajstić information content (AvgIpc) is 3.00. The van der Waals surface area contributed by atoms with Gasteiger partial charge in [-0.2, -0.15) is 0 Å². The summed E-state index contributed by atoms with van der Waals surface area (Å²) < 4.78 is 0. The molecule has 1 saturated heterocycles. The molecular formula is C32H37Cl3N4O3. The van der Waals surface area contributed by atoms with Crippen molar-refractivity contribution in [1.82, 2.24) is 16.2 Å². The fourth-order valence-electron chi connectivity index (χ4n) is 5.74. The van der Waals surface area contributed by atoms with Gasteiger partial charge in [-0.1, -0.05) is 72.6 Å². The first-order valence-electron chi connectivity index (χ1n) is 13.9. The van der Waals surface area contributed by atoms with Crippen LogP contribution in [0.5, 0.6) is 0 Å². The largest absolute Gasteiger partial charge is 0.371 e. The zero-order chi connectivity index (χ0) is 29.6. The lowest BCUT2D eigenvalue weighted by molar-refractivity contribution is -0.132. The van der Waals surface area contributed by atoms with E-state index in [1.54, 1.807) is 7.05 Å². The van der Waals surface area contributed by atoms with E-state index in [4.69, 9.17) is 23.2 Å². The minimum Gasteiger partial charge on any atom is -0.371 e. The Hall–Kier alpha value is -3.26. The van der Waals surface area contributed by atoms with E-state index < -0.39 is 5.41 Å². The highest BCUT2D eigenvalue weighted by molar-refractivity contribution is 6.42. The summed E-state index contributed by atoms with van der Waals surface area (Å²) >= 11 is 12.5. The van der Waals surface area contributed by atoms with Gasteiger partial charge in [0.1, 0.15) is 0 Å². The van der Waals surface area contributed by atoms with Gasteiger partial charge in [0.15, 0.2) is 0 Å². The van der Waals surface area contributed by atoms with E-state index in [0.29, 0.717) is 48.0 Å². The van der Waals surface area contributed by atoms with Gasteiger partial charge in [0.05, 0.1) is 15.5 Å². The van der Waals surface area contributed by atoms with Gasteiger partial charge in [-0.3, -0.25) is 25.2 Å². The van der Waals surface area contributed by atoms with Crippen LogP contribution in [0.25, 0.3) is 0 Å². The number of hydrogen-bond acceptors (Lipinski definition) is 4. The molecule has 42 heavy (non-hydrogen) atoms. The van der Waals surface area contributed by atoms with Crippen LogP contribution in [0.3, 0.4) is 0 Å². The first kappa shape index (κ1) is 33.2. The number of amides is 3. The fraction of sp³-hybridized carbons (Fsp3) is 0.344. The number of nitrogens with zero attached hydrogens (tertiary/aromatic N) is 1. The fourth-order valence-corrected chi connectivity index (χ4v) is 6.05.